The minimum atomic E-state index is -3.63. The predicted molar refractivity (Wildman–Crippen MR) is 113 cm³/mol. The summed E-state index contributed by atoms with van der Waals surface area (Å²) in [5.74, 6) is -1.97. The number of nitrogens with one attached hydrogen (secondary N) is 2. The highest BCUT2D eigenvalue weighted by molar-refractivity contribution is 7.89. The average molecular weight is 446 g/mol. The third-order valence-corrected chi connectivity index (χ3v) is 7.30. The van der Waals surface area contributed by atoms with Crippen molar-refractivity contribution in [2.45, 2.75) is 4.90 Å². The number of carbonyl (C=O) groups is 1. The molecule has 0 radical (unpaired) electrons. The molecule has 2 N–H and O–H groups in total. The molecule has 6 nitrogen and oxygen atoms in total. The molecule has 1 fully saturated rings. The fourth-order valence-electron chi connectivity index (χ4n) is 3.71. The first-order chi connectivity index (χ1) is 14.8. The van der Waals surface area contributed by atoms with Crippen molar-refractivity contribution in [1.82, 2.24) is 4.31 Å². The standard InChI is InChI=1S/C22H21F2N3O3S/c23-18-6-8-21(20(24)14-18)25-22(28)15-26-9-11-27(12-10-26)31(29,30)19-7-5-16-3-1-2-4-17(16)13-19/h1-8,13-14H,9-12,15H2,(H,25,28)/p+1. The summed E-state index contributed by atoms with van der Waals surface area (Å²) < 4.78 is 54.2. The topological polar surface area (TPSA) is 70.9 Å². The van der Waals surface area contributed by atoms with Crippen LogP contribution in [0.5, 0.6) is 0 Å². The summed E-state index contributed by atoms with van der Waals surface area (Å²) in [7, 11) is -3.63. The van der Waals surface area contributed by atoms with Crippen LogP contribution < -0.4 is 10.2 Å². The van der Waals surface area contributed by atoms with Gasteiger partial charge < -0.3 is 10.2 Å². The second-order valence-electron chi connectivity index (χ2n) is 7.51. The van der Waals surface area contributed by atoms with Gasteiger partial charge in [0.05, 0.1) is 36.8 Å². The highest BCUT2D eigenvalue weighted by atomic mass is 32.2. The van der Waals surface area contributed by atoms with Crippen molar-refractivity contribution < 1.29 is 26.9 Å². The molecule has 0 atom stereocenters. The van der Waals surface area contributed by atoms with E-state index in [0.29, 0.717) is 19.2 Å². The molecule has 0 bridgehead atoms. The van der Waals surface area contributed by atoms with Crippen LogP contribution in [0.2, 0.25) is 0 Å². The molecule has 0 saturated carbocycles. The van der Waals surface area contributed by atoms with Crippen molar-refractivity contribution in [2.24, 2.45) is 0 Å². The Hall–Kier alpha value is -2.88. The van der Waals surface area contributed by atoms with Gasteiger partial charge in [0.1, 0.15) is 11.6 Å². The van der Waals surface area contributed by atoms with Crippen LogP contribution in [0, 0.1) is 11.6 Å². The number of fused-ring (bicyclic) bond motifs is 1. The lowest BCUT2D eigenvalue weighted by Crippen LogP contribution is -3.15. The number of hydrogen-bond acceptors (Lipinski definition) is 3. The summed E-state index contributed by atoms with van der Waals surface area (Å²) in [6.07, 6.45) is 0. The Morgan fingerprint density at radius 1 is 0.968 bits per heavy atom. The van der Waals surface area contributed by atoms with E-state index in [-0.39, 0.29) is 30.2 Å². The average Bonchev–Trinajstić information content (AvgIpc) is 2.76. The summed E-state index contributed by atoms with van der Waals surface area (Å²) in [5, 5.41) is 4.27. The normalized spacial score (nSPS) is 15.8. The first-order valence-corrected chi connectivity index (χ1v) is 11.3. The zero-order valence-electron chi connectivity index (χ0n) is 16.6. The van der Waals surface area contributed by atoms with Crippen molar-refractivity contribution in [3.8, 4) is 0 Å². The van der Waals surface area contributed by atoms with E-state index >= 15 is 0 Å². The third kappa shape index (κ3) is 4.73. The molecular formula is C22H22F2N3O3S+. The molecule has 3 aromatic carbocycles. The van der Waals surface area contributed by atoms with Crippen LogP contribution in [0.25, 0.3) is 10.8 Å². The number of sulfonamides is 1. The van der Waals surface area contributed by atoms with E-state index in [9.17, 15) is 22.0 Å². The third-order valence-electron chi connectivity index (χ3n) is 5.40. The summed E-state index contributed by atoms with van der Waals surface area (Å²) >= 11 is 0. The van der Waals surface area contributed by atoms with E-state index in [2.05, 4.69) is 5.32 Å². The molecule has 1 amide bonds. The fourth-order valence-corrected chi connectivity index (χ4v) is 5.19. The van der Waals surface area contributed by atoms with E-state index in [0.717, 1.165) is 21.7 Å². The minimum Gasteiger partial charge on any atom is -0.325 e. The highest BCUT2D eigenvalue weighted by Crippen LogP contribution is 2.22. The lowest BCUT2D eigenvalue weighted by Gasteiger charge is -2.31. The van der Waals surface area contributed by atoms with E-state index in [1.807, 2.05) is 24.3 Å². The Kier molecular flexibility index (Phi) is 5.99. The molecule has 0 spiro atoms. The number of halogens is 2. The number of anilines is 1. The molecule has 0 aliphatic carbocycles. The fraction of sp³-hybridized carbons (Fsp3) is 0.227. The van der Waals surface area contributed by atoms with E-state index in [1.54, 1.807) is 18.2 Å². The van der Waals surface area contributed by atoms with Crippen molar-refractivity contribution in [2.75, 3.05) is 38.0 Å². The smallest absolute Gasteiger partial charge is 0.279 e. The second-order valence-corrected chi connectivity index (χ2v) is 9.45. The van der Waals surface area contributed by atoms with E-state index < -0.39 is 27.6 Å². The van der Waals surface area contributed by atoms with Crippen molar-refractivity contribution >= 4 is 32.4 Å². The van der Waals surface area contributed by atoms with Crippen LogP contribution in [-0.4, -0.2) is 51.4 Å². The SMILES string of the molecule is O=C(C[NH+]1CCN(S(=O)(=O)c2ccc3ccccc3c2)CC1)Nc1ccc(F)cc1F. The molecule has 31 heavy (non-hydrogen) atoms. The van der Waals surface area contributed by atoms with Crippen LogP contribution in [-0.2, 0) is 14.8 Å². The second kappa shape index (κ2) is 8.70. The first kappa shape index (κ1) is 21.4. The van der Waals surface area contributed by atoms with Gasteiger partial charge in [-0.05, 0) is 35.0 Å². The Morgan fingerprint density at radius 2 is 1.68 bits per heavy atom. The number of carbonyl (C=O) groups excluding carboxylic acids is 1. The van der Waals surface area contributed by atoms with Gasteiger partial charge >= 0.3 is 0 Å². The van der Waals surface area contributed by atoms with Gasteiger partial charge in [-0.1, -0.05) is 30.3 Å². The van der Waals surface area contributed by atoms with Gasteiger partial charge in [-0.15, -0.1) is 0 Å². The number of hydrogen-bond donors (Lipinski definition) is 2. The minimum absolute atomic E-state index is 0.0701. The van der Waals surface area contributed by atoms with E-state index in [1.165, 1.54) is 10.4 Å². The summed E-state index contributed by atoms with van der Waals surface area (Å²) in [6, 6.07) is 15.6. The van der Waals surface area contributed by atoms with Gasteiger partial charge in [0, 0.05) is 6.07 Å². The number of rotatable bonds is 5. The number of quaternary nitrogens is 1. The van der Waals surface area contributed by atoms with Gasteiger partial charge in [-0.2, -0.15) is 4.31 Å². The Bertz CT molecular complexity index is 1230. The van der Waals surface area contributed by atoms with Crippen molar-refractivity contribution in [3.63, 3.8) is 0 Å². The number of amides is 1. The maximum absolute atomic E-state index is 13.7. The number of nitrogens with zero attached hydrogens (tertiary/aromatic N) is 1. The van der Waals surface area contributed by atoms with Crippen LogP contribution >= 0.6 is 0 Å². The molecule has 0 unspecified atom stereocenters. The lowest BCUT2D eigenvalue weighted by molar-refractivity contribution is -0.895. The Morgan fingerprint density at radius 3 is 2.39 bits per heavy atom. The van der Waals surface area contributed by atoms with Gasteiger partial charge in [-0.3, -0.25) is 4.79 Å². The quantitative estimate of drug-likeness (QED) is 0.626. The highest BCUT2D eigenvalue weighted by Gasteiger charge is 2.31. The molecule has 1 aliphatic rings. The first-order valence-electron chi connectivity index (χ1n) is 9.90. The van der Waals surface area contributed by atoms with E-state index in [4.69, 9.17) is 0 Å². The maximum atomic E-state index is 13.7. The zero-order valence-corrected chi connectivity index (χ0v) is 17.5. The van der Waals surface area contributed by atoms with Gasteiger partial charge in [0.25, 0.3) is 5.91 Å². The number of benzene rings is 3. The monoisotopic (exact) mass is 446 g/mol. The summed E-state index contributed by atoms with van der Waals surface area (Å²) in [4.78, 5) is 13.4. The molecule has 1 heterocycles. The molecule has 162 valence electrons. The summed E-state index contributed by atoms with van der Waals surface area (Å²) in [6.45, 7) is 1.53. The van der Waals surface area contributed by atoms with Crippen LogP contribution in [0.15, 0.2) is 65.6 Å². The number of piperazine rings is 1. The Balaban J connectivity index is 1.36. The maximum Gasteiger partial charge on any atom is 0.279 e. The molecular weight excluding hydrogens is 424 g/mol. The van der Waals surface area contributed by atoms with Gasteiger partial charge in [-0.25, -0.2) is 17.2 Å². The van der Waals surface area contributed by atoms with Crippen LogP contribution in [0.3, 0.4) is 0 Å². The van der Waals surface area contributed by atoms with Gasteiger partial charge in [0.15, 0.2) is 6.54 Å². The van der Waals surface area contributed by atoms with Crippen molar-refractivity contribution in [1.29, 1.82) is 0 Å². The molecule has 1 aliphatic heterocycles. The van der Waals surface area contributed by atoms with Crippen molar-refractivity contribution in [3.05, 3.63) is 72.3 Å². The van der Waals surface area contributed by atoms with Gasteiger partial charge in [0.2, 0.25) is 10.0 Å². The van der Waals surface area contributed by atoms with Crippen LogP contribution in [0.1, 0.15) is 0 Å². The lowest BCUT2D eigenvalue weighted by atomic mass is 10.1. The van der Waals surface area contributed by atoms with Crippen LogP contribution in [0.4, 0.5) is 14.5 Å². The summed E-state index contributed by atoms with van der Waals surface area (Å²) in [5.41, 5.74) is -0.0803. The zero-order chi connectivity index (χ0) is 22.0. The molecule has 9 heteroatoms. The largest absolute Gasteiger partial charge is 0.325 e. The predicted octanol–water partition coefficient (Wildman–Crippen LogP) is 1.65. The molecule has 1 saturated heterocycles. The Labute approximate surface area is 179 Å². The molecule has 3 aromatic rings. The molecule has 4 rings (SSSR count). The molecule has 0 aromatic heterocycles.